The van der Waals surface area contributed by atoms with Gasteiger partial charge in [-0.3, -0.25) is 0 Å². The van der Waals surface area contributed by atoms with E-state index in [4.69, 9.17) is 24.9 Å². The molecule has 1 rings (SSSR count). The van der Waals surface area contributed by atoms with Crippen molar-refractivity contribution >= 4 is 19.7 Å². The zero-order chi connectivity index (χ0) is 13.4. The molecule has 0 unspecified atom stereocenters. The van der Waals surface area contributed by atoms with Crippen molar-refractivity contribution in [2.75, 3.05) is 27.1 Å². The largest absolute Gasteiger partial charge is 0.494 e. The summed E-state index contributed by atoms with van der Waals surface area (Å²) in [5.74, 6) is 0.589. The normalized spacial score (nSPS) is 11.4. The molecule has 0 N–H and O–H groups in total. The summed E-state index contributed by atoms with van der Waals surface area (Å²) in [4.78, 5) is 0.0555. The average molecular weight is 295 g/mol. The summed E-state index contributed by atoms with van der Waals surface area (Å²) in [6.45, 7) is 1.29. The minimum Gasteiger partial charge on any atom is -0.494 e. The van der Waals surface area contributed by atoms with Crippen LogP contribution in [0.25, 0.3) is 0 Å². The lowest BCUT2D eigenvalue weighted by molar-refractivity contribution is -0.0333. The number of hydrogen-bond donors (Lipinski definition) is 0. The fourth-order valence-corrected chi connectivity index (χ4v) is 1.96. The van der Waals surface area contributed by atoms with Crippen molar-refractivity contribution in [2.24, 2.45) is 0 Å². The molecule has 0 aliphatic rings. The first-order valence-electron chi connectivity index (χ1n) is 5.28. The maximum atomic E-state index is 11.0. The predicted molar refractivity (Wildman–Crippen MR) is 67.4 cm³/mol. The fourth-order valence-electron chi connectivity index (χ4n) is 1.19. The van der Waals surface area contributed by atoms with E-state index in [0.29, 0.717) is 19.0 Å². The first-order chi connectivity index (χ1) is 8.54. The SMILES string of the molecule is COCOCCCOc1ccc(S(=O)(=O)Cl)cc1. The molecular formula is C11H15ClO5S. The van der Waals surface area contributed by atoms with E-state index in [1.54, 1.807) is 19.2 Å². The van der Waals surface area contributed by atoms with Crippen LogP contribution in [0.4, 0.5) is 0 Å². The molecule has 7 heteroatoms. The molecule has 0 radical (unpaired) electrons. The average Bonchev–Trinajstić information content (AvgIpc) is 2.33. The summed E-state index contributed by atoms with van der Waals surface area (Å²) in [7, 11) is 3.08. The van der Waals surface area contributed by atoms with E-state index in [9.17, 15) is 8.42 Å². The Labute approximate surface area is 111 Å². The van der Waals surface area contributed by atoms with Crippen molar-refractivity contribution in [3.8, 4) is 5.75 Å². The first kappa shape index (κ1) is 15.2. The van der Waals surface area contributed by atoms with Gasteiger partial charge >= 0.3 is 0 Å². The van der Waals surface area contributed by atoms with Crippen LogP contribution in [0.1, 0.15) is 6.42 Å². The topological polar surface area (TPSA) is 61.8 Å². The van der Waals surface area contributed by atoms with Gasteiger partial charge in [-0.2, -0.15) is 0 Å². The number of rotatable bonds is 8. The van der Waals surface area contributed by atoms with Crippen LogP contribution in [0.5, 0.6) is 5.75 Å². The van der Waals surface area contributed by atoms with Crippen LogP contribution in [0.3, 0.4) is 0 Å². The Morgan fingerprint density at radius 2 is 1.83 bits per heavy atom. The van der Waals surface area contributed by atoms with Crippen molar-refractivity contribution in [1.29, 1.82) is 0 Å². The second kappa shape index (κ2) is 7.58. The van der Waals surface area contributed by atoms with Crippen molar-refractivity contribution < 1.29 is 22.6 Å². The van der Waals surface area contributed by atoms with Gasteiger partial charge < -0.3 is 14.2 Å². The summed E-state index contributed by atoms with van der Waals surface area (Å²) < 4.78 is 37.2. The number of hydrogen-bond acceptors (Lipinski definition) is 5. The van der Waals surface area contributed by atoms with Gasteiger partial charge in [0.05, 0.1) is 18.1 Å². The van der Waals surface area contributed by atoms with Crippen molar-refractivity contribution in [1.82, 2.24) is 0 Å². The van der Waals surface area contributed by atoms with E-state index in [1.807, 2.05) is 0 Å². The van der Waals surface area contributed by atoms with Crippen LogP contribution in [0, 0.1) is 0 Å². The maximum absolute atomic E-state index is 11.0. The highest BCUT2D eigenvalue weighted by Crippen LogP contribution is 2.18. The van der Waals surface area contributed by atoms with Gasteiger partial charge in [-0.1, -0.05) is 0 Å². The smallest absolute Gasteiger partial charge is 0.261 e. The van der Waals surface area contributed by atoms with E-state index in [2.05, 4.69) is 0 Å². The molecule has 0 heterocycles. The summed E-state index contributed by atoms with van der Waals surface area (Å²) in [6, 6.07) is 5.93. The molecular weight excluding hydrogens is 280 g/mol. The number of ether oxygens (including phenoxy) is 3. The number of methoxy groups -OCH3 is 1. The van der Waals surface area contributed by atoms with Crippen LogP contribution >= 0.6 is 10.7 Å². The number of benzene rings is 1. The molecule has 0 aliphatic carbocycles. The van der Waals surface area contributed by atoms with Crippen molar-refractivity contribution in [3.63, 3.8) is 0 Å². The third kappa shape index (κ3) is 5.68. The van der Waals surface area contributed by atoms with Gasteiger partial charge in [0.2, 0.25) is 0 Å². The first-order valence-corrected chi connectivity index (χ1v) is 7.59. The van der Waals surface area contributed by atoms with Gasteiger partial charge in [0.25, 0.3) is 9.05 Å². The molecule has 18 heavy (non-hydrogen) atoms. The summed E-state index contributed by atoms with van der Waals surface area (Å²) in [5.41, 5.74) is 0. The third-order valence-electron chi connectivity index (χ3n) is 2.01. The second-order valence-corrected chi connectivity index (χ2v) is 5.99. The highest BCUT2D eigenvalue weighted by Gasteiger charge is 2.08. The quantitative estimate of drug-likeness (QED) is 0.417. The molecule has 0 bridgehead atoms. The molecule has 0 fully saturated rings. The molecule has 102 valence electrons. The molecule has 0 saturated carbocycles. The molecule has 0 atom stereocenters. The van der Waals surface area contributed by atoms with Gasteiger partial charge in [-0.05, 0) is 24.3 Å². The van der Waals surface area contributed by atoms with E-state index >= 15 is 0 Å². The Hall–Kier alpha value is -0.820. The Morgan fingerprint density at radius 3 is 2.39 bits per heavy atom. The summed E-state index contributed by atoms with van der Waals surface area (Å²) in [6.07, 6.45) is 0.721. The maximum Gasteiger partial charge on any atom is 0.261 e. The van der Waals surface area contributed by atoms with Crippen molar-refractivity contribution in [3.05, 3.63) is 24.3 Å². The van der Waals surface area contributed by atoms with Gasteiger partial charge in [-0.15, -0.1) is 0 Å². The molecule has 0 aliphatic heterocycles. The predicted octanol–water partition coefficient (Wildman–Crippen LogP) is 2.00. The molecule has 0 aromatic heterocycles. The fraction of sp³-hybridized carbons (Fsp3) is 0.455. The van der Waals surface area contributed by atoms with Crippen LogP contribution < -0.4 is 4.74 Å². The standard InChI is InChI=1S/C11H15ClO5S/c1-15-9-16-7-2-8-17-10-3-5-11(6-4-10)18(12,13)14/h3-6H,2,7-9H2,1H3. The lowest BCUT2D eigenvalue weighted by Gasteiger charge is -2.06. The molecule has 1 aromatic carbocycles. The molecule has 0 saturated heterocycles. The molecule has 0 spiro atoms. The van der Waals surface area contributed by atoms with Crippen molar-refractivity contribution in [2.45, 2.75) is 11.3 Å². The molecule has 1 aromatic rings. The van der Waals surface area contributed by atoms with Crippen LogP contribution in [-0.2, 0) is 18.5 Å². The van der Waals surface area contributed by atoms with E-state index in [0.717, 1.165) is 6.42 Å². The minimum absolute atomic E-state index is 0.0555. The van der Waals surface area contributed by atoms with E-state index in [1.165, 1.54) is 12.1 Å². The zero-order valence-corrected chi connectivity index (χ0v) is 11.5. The Morgan fingerprint density at radius 1 is 1.17 bits per heavy atom. The second-order valence-electron chi connectivity index (χ2n) is 3.43. The molecule has 0 amide bonds. The summed E-state index contributed by atoms with van der Waals surface area (Å²) in [5, 5.41) is 0. The Balaban J connectivity index is 2.32. The third-order valence-corrected chi connectivity index (χ3v) is 3.38. The van der Waals surface area contributed by atoms with Crippen LogP contribution in [0.15, 0.2) is 29.2 Å². The summed E-state index contributed by atoms with van der Waals surface area (Å²) >= 11 is 0. The lowest BCUT2D eigenvalue weighted by atomic mass is 10.3. The van der Waals surface area contributed by atoms with Gasteiger partial charge in [-0.25, -0.2) is 8.42 Å². The van der Waals surface area contributed by atoms with Crippen LogP contribution in [-0.4, -0.2) is 35.5 Å². The van der Waals surface area contributed by atoms with E-state index in [-0.39, 0.29) is 11.7 Å². The van der Waals surface area contributed by atoms with Gasteiger partial charge in [0.15, 0.2) is 0 Å². The highest BCUT2D eigenvalue weighted by molar-refractivity contribution is 8.13. The van der Waals surface area contributed by atoms with Crippen LogP contribution in [0.2, 0.25) is 0 Å². The Bertz CT molecular complexity index is 443. The van der Waals surface area contributed by atoms with Gasteiger partial charge in [0.1, 0.15) is 12.5 Å². The van der Waals surface area contributed by atoms with Gasteiger partial charge in [0, 0.05) is 24.2 Å². The lowest BCUT2D eigenvalue weighted by Crippen LogP contribution is -2.04. The monoisotopic (exact) mass is 294 g/mol. The van der Waals surface area contributed by atoms with E-state index < -0.39 is 9.05 Å². The molecule has 5 nitrogen and oxygen atoms in total. The minimum atomic E-state index is -3.67. The Kier molecular flexibility index (Phi) is 6.42. The number of halogens is 1. The highest BCUT2D eigenvalue weighted by atomic mass is 35.7. The zero-order valence-electron chi connectivity index (χ0n) is 9.97.